The minimum atomic E-state index is 0.197. The molecule has 0 saturated heterocycles. The molecule has 0 aliphatic carbocycles. The number of thiophene rings is 1. The van der Waals surface area contributed by atoms with E-state index < -0.39 is 0 Å². The molecule has 0 aliphatic rings. The molecule has 2 heteroatoms. The number of carbonyl (C=O) groups excluding carboxylic acids is 1. The lowest BCUT2D eigenvalue weighted by Crippen LogP contribution is -2.00. The second-order valence-electron chi connectivity index (χ2n) is 4.23. The van der Waals surface area contributed by atoms with E-state index in [4.69, 9.17) is 0 Å². The fraction of sp³-hybridized carbons (Fsp3) is 0.0625. The Morgan fingerprint density at radius 3 is 2.44 bits per heavy atom. The lowest BCUT2D eigenvalue weighted by atomic mass is 10.1. The molecule has 0 atom stereocenters. The summed E-state index contributed by atoms with van der Waals surface area (Å²) in [5, 5.41) is 1.15. The quantitative estimate of drug-likeness (QED) is 0.634. The summed E-state index contributed by atoms with van der Waals surface area (Å²) in [6, 6.07) is 20.0. The van der Waals surface area contributed by atoms with Crippen LogP contribution in [0.4, 0.5) is 0 Å². The van der Waals surface area contributed by atoms with Gasteiger partial charge in [0.25, 0.3) is 0 Å². The number of ketones is 1. The standard InChI is InChI=1S/C16H12OS/c17-14(10-12-6-2-1-3-7-12)16-11-13-8-4-5-9-15(13)18-16/h1-9,11H,10H2. The SMILES string of the molecule is O=C(Cc1ccccc1)c1cc2ccccc2s1. The van der Waals surface area contributed by atoms with Gasteiger partial charge in [-0.05, 0) is 23.1 Å². The molecule has 1 nitrogen and oxygen atoms in total. The zero-order chi connectivity index (χ0) is 12.4. The summed E-state index contributed by atoms with van der Waals surface area (Å²) < 4.78 is 1.17. The van der Waals surface area contributed by atoms with Crippen LogP contribution in [0.1, 0.15) is 15.2 Å². The molecule has 88 valence electrons. The Kier molecular flexibility index (Phi) is 2.95. The Labute approximate surface area is 110 Å². The van der Waals surface area contributed by atoms with Crippen molar-refractivity contribution in [3.8, 4) is 0 Å². The van der Waals surface area contributed by atoms with Crippen molar-refractivity contribution in [2.75, 3.05) is 0 Å². The highest BCUT2D eigenvalue weighted by Gasteiger charge is 2.10. The van der Waals surface area contributed by atoms with Crippen LogP contribution < -0.4 is 0 Å². The Morgan fingerprint density at radius 1 is 0.944 bits per heavy atom. The summed E-state index contributed by atoms with van der Waals surface area (Å²) in [6.45, 7) is 0. The maximum atomic E-state index is 12.2. The van der Waals surface area contributed by atoms with E-state index in [0.29, 0.717) is 6.42 Å². The third-order valence-corrected chi connectivity index (χ3v) is 4.06. The van der Waals surface area contributed by atoms with Crippen molar-refractivity contribution in [1.29, 1.82) is 0 Å². The van der Waals surface area contributed by atoms with Gasteiger partial charge in [0.05, 0.1) is 4.88 Å². The number of rotatable bonds is 3. The largest absolute Gasteiger partial charge is 0.293 e. The fourth-order valence-electron chi connectivity index (χ4n) is 1.99. The zero-order valence-electron chi connectivity index (χ0n) is 9.80. The van der Waals surface area contributed by atoms with E-state index in [-0.39, 0.29) is 5.78 Å². The van der Waals surface area contributed by atoms with Gasteiger partial charge >= 0.3 is 0 Å². The summed E-state index contributed by atoms with van der Waals surface area (Å²) in [5.41, 5.74) is 1.07. The first kappa shape index (κ1) is 11.2. The van der Waals surface area contributed by atoms with Crippen molar-refractivity contribution in [3.63, 3.8) is 0 Å². The van der Waals surface area contributed by atoms with Gasteiger partial charge in [0, 0.05) is 11.1 Å². The van der Waals surface area contributed by atoms with Gasteiger partial charge in [0.15, 0.2) is 5.78 Å². The van der Waals surface area contributed by atoms with Crippen LogP contribution in [0.5, 0.6) is 0 Å². The molecule has 3 rings (SSSR count). The van der Waals surface area contributed by atoms with Gasteiger partial charge in [-0.1, -0.05) is 48.5 Å². The monoisotopic (exact) mass is 252 g/mol. The van der Waals surface area contributed by atoms with E-state index in [1.807, 2.05) is 54.6 Å². The molecule has 2 aromatic carbocycles. The normalized spacial score (nSPS) is 10.7. The lowest BCUT2D eigenvalue weighted by Gasteiger charge is -1.97. The van der Waals surface area contributed by atoms with E-state index in [1.54, 1.807) is 11.3 Å². The van der Waals surface area contributed by atoms with E-state index in [0.717, 1.165) is 15.8 Å². The molecular weight excluding hydrogens is 240 g/mol. The van der Waals surface area contributed by atoms with Crippen molar-refractivity contribution in [2.24, 2.45) is 0 Å². The topological polar surface area (TPSA) is 17.1 Å². The van der Waals surface area contributed by atoms with Gasteiger partial charge in [-0.25, -0.2) is 0 Å². The number of hydrogen-bond donors (Lipinski definition) is 0. The second kappa shape index (κ2) is 4.75. The lowest BCUT2D eigenvalue weighted by molar-refractivity contribution is 0.0997. The van der Waals surface area contributed by atoms with Crippen LogP contribution in [-0.2, 0) is 6.42 Å². The molecule has 0 saturated carbocycles. The highest BCUT2D eigenvalue weighted by Crippen LogP contribution is 2.26. The van der Waals surface area contributed by atoms with Crippen LogP contribution in [0.2, 0.25) is 0 Å². The Balaban J connectivity index is 1.88. The van der Waals surface area contributed by atoms with E-state index in [2.05, 4.69) is 6.07 Å². The Hall–Kier alpha value is -1.93. The van der Waals surface area contributed by atoms with Gasteiger partial charge in [-0.3, -0.25) is 4.79 Å². The molecule has 1 heterocycles. The first-order chi connectivity index (χ1) is 8.83. The number of fused-ring (bicyclic) bond motifs is 1. The summed E-state index contributed by atoms with van der Waals surface area (Å²) >= 11 is 1.58. The predicted molar refractivity (Wildman–Crippen MR) is 76.3 cm³/mol. The molecule has 0 fully saturated rings. The zero-order valence-corrected chi connectivity index (χ0v) is 10.6. The molecule has 1 aromatic heterocycles. The Bertz CT molecular complexity index is 649. The molecule has 0 unspecified atom stereocenters. The summed E-state index contributed by atoms with van der Waals surface area (Å²) in [5.74, 6) is 0.197. The van der Waals surface area contributed by atoms with Gasteiger partial charge in [0.2, 0.25) is 0 Å². The first-order valence-electron chi connectivity index (χ1n) is 5.88. The van der Waals surface area contributed by atoms with Crippen molar-refractivity contribution in [3.05, 3.63) is 71.1 Å². The van der Waals surface area contributed by atoms with Crippen molar-refractivity contribution in [1.82, 2.24) is 0 Å². The van der Waals surface area contributed by atoms with Gasteiger partial charge in [-0.15, -0.1) is 11.3 Å². The molecule has 0 aliphatic heterocycles. The highest BCUT2D eigenvalue weighted by atomic mass is 32.1. The average Bonchev–Trinajstić information content (AvgIpc) is 2.84. The number of benzene rings is 2. The number of hydrogen-bond acceptors (Lipinski definition) is 2. The van der Waals surface area contributed by atoms with E-state index in [9.17, 15) is 4.79 Å². The predicted octanol–water partition coefficient (Wildman–Crippen LogP) is 4.33. The minimum absolute atomic E-state index is 0.197. The van der Waals surface area contributed by atoms with Crippen molar-refractivity contribution in [2.45, 2.75) is 6.42 Å². The van der Waals surface area contributed by atoms with Gasteiger partial charge < -0.3 is 0 Å². The number of Topliss-reactive ketones (excluding diaryl/α,β-unsaturated/α-hetero) is 1. The number of carbonyl (C=O) groups is 1. The molecule has 0 N–H and O–H groups in total. The third-order valence-electron chi connectivity index (χ3n) is 2.91. The summed E-state index contributed by atoms with van der Waals surface area (Å²) in [4.78, 5) is 13.0. The van der Waals surface area contributed by atoms with Crippen LogP contribution >= 0.6 is 11.3 Å². The van der Waals surface area contributed by atoms with Gasteiger partial charge in [0.1, 0.15) is 0 Å². The first-order valence-corrected chi connectivity index (χ1v) is 6.70. The highest BCUT2D eigenvalue weighted by molar-refractivity contribution is 7.20. The minimum Gasteiger partial charge on any atom is -0.293 e. The smallest absolute Gasteiger partial charge is 0.177 e. The molecule has 0 radical (unpaired) electrons. The van der Waals surface area contributed by atoms with Crippen LogP contribution in [-0.4, -0.2) is 5.78 Å². The van der Waals surface area contributed by atoms with Crippen LogP contribution in [0.3, 0.4) is 0 Å². The van der Waals surface area contributed by atoms with Crippen LogP contribution in [0.15, 0.2) is 60.7 Å². The van der Waals surface area contributed by atoms with E-state index in [1.165, 1.54) is 4.70 Å². The molecule has 0 spiro atoms. The summed E-state index contributed by atoms with van der Waals surface area (Å²) in [6.07, 6.45) is 0.480. The van der Waals surface area contributed by atoms with E-state index >= 15 is 0 Å². The maximum Gasteiger partial charge on any atom is 0.177 e. The third kappa shape index (κ3) is 2.20. The van der Waals surface area contributed by atoms with Crippen LogP contribution in [0, 0.1) is 0 Å². The van der Waals surface area contributed by atoms with Crippen molar-refractivity contribution >= 4 is 27.2 Å². The van der Waals surface area contributed by atoms with Crippen molar-refractivity contribution < 1.29 is 4.79 Å². The fourth-order valence-corrected chi connectivity index (χ4v) is 2.99. The maximum absolute atomic E-state index is 12.2. The molecule has 3 aromatic rings. The van der Waals surface area contributed by atoms with Gasteiger partial charge in [-0.2, -0.15) is 0 Å². The Morgan fingerprint density at radius 2 is 1.67 bits per heavy atom. The second-order valence-corrected chi connectivity index (χ2v) is 5.32. The molecule has 0 amide bonds. The van der Waals surface area contributed by atoms with Crippen LogP contribution in [0.25, 0.3) is 10.1 Å². The molecular formula is C16H12OS. The molecule has 0 bridgehead atoms. The average molecular weight is 252 g/mol. The molecule has 18 heavy (non-hydrogen) atoms. The summed E-state index contributed by atoms with van der Waals surface area (Å²) in [7, 11) is 0.